The predicted molar refractivity (Wildman–Crippen MR) is 124 cm³/mol. The maximum Gasteiger partial charge on any atom is 0.255 e. The minimum absolute atomic E-state index is 0.0653. The SMILES string of the molecule is CCOc1ccc([C@H](CC(=O)NCc2cccs2)N2Cc3ccccc3C2=O)cc1OC. The van der Waals surface area contributed by atoms with Crippen LogP contribution in [0, 0.1) is 0 Å². The summed E-state index contributed by atoms with van der Waals surface area (Å²) in [7, 11) is 1.58. The summed E-state index contributed by atoms with van der Waals surface area (Å²) in [6.07, 6.45) is 0.155. The van der Waals surface area contributed by atoms with E-state index in [1.165, 1.54) is 0 Å². The number of amides is 2. The Bertz CT molecular complexity index is 1100. The largest absolute Gasteiger partial charge is 0.493 e. The molecule has 0 fully saturated rings. The molecule has 1 aromatic heterocycles. The lowest BCUT2D eigenvalue weighted by molar-refractivity contribution is -0.122. The molecule has 1 atom stereocenters. The standard InChI is InChI=1S/C25H26N2O4S/c1-3-31-22-11-10-17(13-23(22)30-2)21(14-24(28)26-15-19-8-6-12-32-19)27-16-18-7-4-5-9-20(18)25(27)29/h4-13,21H,3,14-16H2,1-2H3,(H,26,28)/t21-/m0/s1. The normalized spacial score (nSPS) is 13.6. The fourth-order valence-corrected chi connectivity index (χ4v) is 4.59. The molecule has 0 bridgehead atoms. The Morgan fingerprint density at radius 2 is 2.00 bits per heavy atom. The molecular formula is C25H26N2O4S. The number of nitrogens with one attached hydrogen (secondary N) is 1. The summed E-state index contributed by atoms with van der Waals surface area (Å²) < 4.78 is 11.2. The molecule has 7 heteroatoms. The number of benzene rings is 2. The summed E-state index contributed by atoms with van der Waals surface area (Å²) in [4.78, 5) is 28.9. The summed E-state index contributed by atoms with van der Waals surface area (Å²) in [6.45, 7) is 3.37. The zero-order valence-electron chi connectivity index (χ0n) is 18.2. The Kier molecular flexibility index (Phi) is 6.75. The highest BCUT2D eigenvalue weighted by Gasteiger charge is 2.34. The van der Waals surface area contributed by atoms with E-state index >= 15 is 0 Å². The van der Waals surface area contributed by atoms with Crippen LogP contribution >= 0.6 is 11.3 Å². The lowest BCUT2D eigenvalue weighted by atomic mass is 10.0. The van der Waals surface area contributed by atoms with Crippen LogP contribution in [-0.2, 0) is 17.9 Å². The van der Waals surface area contributed by atoms with Gasteiger partial charge in [-0.1, -0.05) is 30.3 Å². The third kappa shape index (κ3) is 4.62. The van der Waals surface area contributed by atoms with Gasteiger partial charge in [-0.3, -0.25) is 9.59 Å². The first kappa shape index (κ1) is 21.9. The Labute approximate surface area is 191 Å². The molecule has 1 N–H and O–H groups in total. The van der Waals surface area contributed by atoms with E-state index in [1.54, 1.807) is 23.3 Å². The number of carbonyl (C=O) groups is 2. The molecule has 0 saturated carbocycles. The quantitative estimate of drug-likeness (QED) is 0.519. The van der Waals surface area contributed by atoms with E-state index in [1.807, 2.05) is 66.9 Å². The molecule has 2 amide bonds. The second-order valence-electron chi connectivity index (χ2n) is 7.51. The number of carbonyl (C=O) groups excluding carboxylic acids is 2. The average molecular weight is 451 g/mol. The lowest BCUT2D eigenvalue weighted by Crippen LogP contribution is -2.34. The topological polar surface area (TPSA) is 67.9 Å². The molecular weight excluding hydrogens is 424 g/mol. The van der Waals surface area contributed by atoms with Gasteiger partial charge in [0.25, 0.3) is 5.91 Å². The van der Waals surface area contributed by atoms with Crippen LogP contribution in [0.2, 0.25) is 0 Å². The number of thiophene rings is 1. The van der Waals surface area contributed by atoms with Gasteiger partial charge in [-0.2, -0.15) is 0 Å². The van der Waals surface area contributed by atoms with Crippen molar-refractivity contribution in [2.45, 2.75) is 32.5 Å². The van der Waals surface area contributed by atoms with E-state index in [2.05, 4.69) is 5.32 Å². The van der Waals surface area contributed by atoms with Crippen LogP contribution in [0.4, 0.5) is 0 Å². The average Bonchev–Trinajstić information content (AvgIpc) is 3.45. The molecule has 2 heterocycles. The van der Waals surface area contributed by atoms with Crippen molar-refractivity contribution in [2.75, 3.05) is 13.7 Å². The second-order valence-corrected chi connectivity index (χ2v) is 8.54. The second kappa shape index (κ2) is 9.87. The predicted octanol–water partition coefficient (Wildman–Crippen LogP) is 4.56. The zero-order chi connectivity index (χ0) is 22.5. The number of methoxy groups -OCH3 is 1. The minimum atomic E-state index is -0.428. The smallest absolute Gasteiger partial charge is 0.255 e. The van der Waals surface area contributed by atoms with Gasteiger partial charge in [0, 0.05) is 17.0 Å². The molecule has 2 aromatic carbocycles. The number of fused-ring (bicyclic) bond motifs is 1. The third-order valence-electron chi connectivity index (χ3n) is 5.52. The number of nitrogens with zero attached hydrogens (tertiary/aromatic N) is 1. The van der Waals surface area contributed by atoms with E-state index in [-0.39, 0.29) is 18.2 Å². The molecule has 4 rings (SSSR count). The van der Waals surface area contributed by atoms with Crippen LogP contribution in [-0.4, -0.2) is 30.4 Å². The number of ether oxygens (including phenoxy) is 2. The molecule has 6 nitrogen and oxygen atoms in total. The molecule has 32 heavy (non-hydrogen) atoms. The summed E-state index contributed by atoms with van der Waals surface area (Å²) in [6, 6.07) is 16.7. The van der Waals surface area contributed by atoms with Crippen LogP contribution in [0.1, 0.15) is 45.7 Å². The highest BCUT2D eigenvalue weighted by Crippen LogP contribution is 2.37. The van der Waals surface area contributed by atoms with Crippen molar-refractivity contribution in [3.63, 3.8) is 0 Å². The van der Waals surface area contributed by atoms with Gasteiger partial charge in [-0.15, -0.1) is 11.3 Å². The van der Waals surface area contributed by atoms with Crippen molar-refractivity contribution in [1.82, 2.24) is 10.2 Å². The van der Waals surface area contributed by atoms with Crippen LogP contribution in [0.15, 0.2) is 60.0 Å². The summed E-state index contributed by atoms with van der Waals surface area (Å²) in [5.41, 5.74) is 2.49. The third-order valence-corrected chi connectivity index (χ3v) is 6.39. The highest BCUT2D eigenvalue weighted by molar-refractivity contribution is 7.09. The Balaban J connectivity index is 1.61. The van der Waals surface area contributed by atoms with Gasteiger partial charge in [0.2, 0.25) is 5.91 Å². The van der Waals surface area contributed by atoms with E-state index in [9.17, 15) is 9.59 Å². The van der Waals surface area contributed by atoms with Crippen molar-refractivity contribution < 1.29 is 19.1 Å². The Morgan fingerprint density at radius 1 is 1.16 bits per heavy atom. The van der Waals surface area contributed by atoms with Gasteiger partial charge >= 0.3 is 0 Å². The fourth-order valence-electron chi connectivity index (χ4n) is 3.95. The summed E-state index contributed by atoms with van der Waals surface area (Å²) >= 11 is 1.60. The molecule has 1 aliphatic heterocycles. The molecule has 3 aromatic rings. The van der Waals surface area contributed by atoms with Gasteiger partial charge in [0.1, 0.15) is 0 Å². The minimum Gasteiger partial charge on any atom is -0.493 e. The van der Waals surface area contributed by atoms with Crippen molar-refractivity contribution >= 4 is 23.2 Å². The van der Waals surface area contributed by atoms with Crippen molar-refractivity contribution in [1.29, 1.82) is 0 Å². The van der Waals surface area contributed by atoms with Crippen molar-refractivity contribution in [3.8, 4) is 11.5 Å². The molecule has 0 aliphatic carbocycles. The number of hydrogen-bond donors (Lipinski definition) is 1. The molecule has 0 unspecified atom stereocenters. The van der Waals surface area contributed by atoms with Crippen LogP contribution < -0.4 is 14.8 Å². The van der Waals surface area contributed by atoms with Gasteiger partial charge in [0.05, 0.1) is 32.7 Å². The summed E-state index contributed by atoms with van der Waals surface area (Å²) in [5.74, 6) is 1.04. The van der Waals surface area contributed by atoms with E-state index in [0.717, 1.165) is 16.0 Å². The Morgan fingerprint density at radius 3 is 2.72 bits per heavy atom. The van der Waals surface area contributed by atoms with Gasteiger partial charge in [0.15, 0.2) is 11.5 Å². The van der Waals surface area contributed by atoms with Gasteiger partial charge in [-0.25, -0.2) is 0 Å². The molecule has 166 valence electrons. The molecule has 0 saturated heterocycles. The van der Waals surface area contributed by atoms with E-state index in [4.69, 9.17) is 9.47 Å². The Hall–Kier alpha value is -3.32. The maximum atomic E-state index is 13.2. The van der Waals surface area contributed by atoms with Crippen LogP contribution in [0.5, 0.6) is 11.5 Å². The molecule has 0 spiro atoms. The number of hydrogen-bond acceptors (Lipinski definition) is 5. The highest BCUT2D eigenvalue weighted by atomic mass is 32.1. The maximum absolute atomic E-state index is 13.2. The monoisotopic (exact) mass is 450 g/mol. The van der Waals surface area contributed by atoms with Gasteiger partial charge in [-0.05, 0) is 47.7 Å². The van der Waals surface area contributed by atoms with E-state index in [0.29, 0.717) is 36.8 Å². The first-order valence-corrected chi connectivity index (χ1v) is 11.5. The molecule has 1 aliphatic rings. The lowest BCUT2D eigenvalue weighted by Gasteiger charge is -2.28. The zero-order valence-corrected chi connectivity index (χ0v) is 19.0. The first-order chi connectivity index (χ1) is 15.6. The number of rotatable bonds is 9. The molecule has 0 radical (unpaired) electrons. The van der Waals surface area contributed by atoms with Crippen LogP contribution in [0.3, 0.4) is 0 Å². The van der Waals surface area contributed by atoms with Crippen molar-refractivity contribution in [2.24, 2.45) is 0 Å². The first-order valence-electron chi connectivity index (χ1n) is 10.6. The van der Waals surface area contributed by atoms with Gasteiger partial charge < -0.3 is 19.7 Å². The summed E-state index contributed by atoms with van der Waals surface area (Å²) in [5, 5.41) is 4.97. The van der Waals surface area contributed by atoms with E-state index < -0.39 is 6.04 Å². The van der Waals surface area contributed by atoms with Crippen LogP contribution in [0.25, 0.3) is 0 Å². The fraction of sp³-hybridized carbons (Fsp3) is 0.280. The van der Waals surface area contributed by atoms with Crippen molar-refractivity contribution in [3.05, 3.63) is 81.5 Å².